The van der Waals surface area contributed by atoms with E-state index in [-0.39, 0.29) is 18.0 Å². The Morgan fingerprint density at radius 2 is 2.06 bits per heavy atom. The Hall–Kier alpha value is -1.93. The molecule has 2 atom stereocenters. The van der Waals surface area contributed by atoms with Gasteiger partial charge in [0.1, 0.15) is 0 Å². The molecule has 2 rings (SSSR count). The van der Waals surface area contributed by atoms with E-state index in [4.69, 9.17) is 14.7 Å². The van der Waals surface area contributed by atoms with Crippen molar-refractivity contribution in [2.24, 2.45) is 5.92 Å². The first-order valence-corrected chi connectivity index (χ1v) is 4.88. The van der Waals surface area contributed by atoms with E-state index in [0.717, 1.165) is 6.42 Å². The van der Waals surface area contributed by atoms with Crippen LogP contribution in [0.2, 0.25) is 0 Å². The van der Waals surface area contributed by atoms with Gasteiger partial charge in [0, 0.05) is 0 Å². The minimum Gasteiger partial charge on any atom is -0.481 e. The van der Waals surface area contributed by atoms with Gasteiger partial charge in [-0.2, -0.15) is 9.59 Å². The van der Waals surface area contributed by atoms with Crippen molar-refractivity contribution < 1.29 is 19.5 Å². The number of carboxylic acid groups (broad SMARTS) is 1. The number of carbonyl (C=O) groups is 1. The minimum atomic E-state index is -0.661. The number of benzene rings is 1. The lowest BCUT2D eigenvalue weighted by molar-refractivity contribution is -0.191. The predicted molar refractivity (Wildman–Crippen MR) is 54.7 cm³/mol. The summed E-state index contributed by atoms with van der Waals surface area (Å²) in [7, 11) is 0. The second-order valence-corrected chi connectivity index (χ2v) is 3.78. The molecule has 1 saturated carbocycles. The van der Waals surface area contributed by atoms with E-state index in [2.05, 4.69) is 6.07 Å². The maximum Gasteiger partial charge on any atom is 0.373 e. The summed E-state index contributed by atoms with van der Waals surface area (Å²) in [5.41, 5.74) is 2.38. The Labute approximate surface area is 92.9 Å². The number of carboxylic acids is 1. The Kier molecular flexibility index (Phi) is 3.97. The van der Waals surface area contributed by atoms with Gasteiger partial charge in [-0.25, -0.2) is 0 Å². The highest BCUT2D eigenvalue weighted by Gasteiger charge is 2.43. The van der Waals surface area contributed by atoms with Crippen LogP contribution in [0.15, 0.2) is 24.3 Å². The van der Waals surface area contributed by atoms with Gasteiger partial charge in [0.15, 0.2) is 0 Å². The summed E-state index contributed by atoms with van der Waals surface area (Å²) in [6.07, 6.45) is 1.05. The van der Waals surface area contributed by atoms with Gasteiger partial charge in [0.25, 0.3) is 0 Å². The van der Waals surface area contributed by atoms with Gasteiger partial charge in [-0.1, -0.05) is 29.8 Å². The molecule has 4 heteroatoms. The van der Waals surface area contributed by atoms with Crippen LogP contribution in [0, 0.1) is 12.8 Å². The van der Waals surface area contributed by atoms with E-state index in [1.165, 1.54) is 11.1 Å². The Morgan fingerprint density at radius 1 is 1.44 bits per heavy atom. The van der Waals surface area contributed by atoms with E-state index >= 15 is 0 Å². The molecule has 1 aromatic carbocycles. The maximum atomic E-state index is 10.6. The lowest BCUT2D eigenvalue weighted by Gasteiger charge is -1.99. The lowest BCUT2D eigenvalue weighted by atomic mass is 10.1. The number of aliphatic carboxylic acids is 1. The van der Waals surface area contributed by atoms with Crippen LogP contribution in [0.3, 0.4) is 0 Å². The summed E-state index contributed by atoms with van der Waals surface area (Å²) in [6.45, 7) is 2.03. The van der Waals surface area contributed by atoms with E-state index in [0.29, 0.717) is 0 Å². The number of carbonyl (C=O) groups excluding carboxylic acids is 2. The third kappa shape index (κ3) is 3.04. The highest BCUT2D eigenvalue weighted by Crippen LogP contribution is 2.47. The molecule has 0 heterocycles. The highest BCUT2D eigenvalue weighted by molar-refractivity contribution is 5.75. The molecule has 0 aromatic heterocycles. The molecule has 0 spiro atoms. The van der Waals surface area contributed by atoms with Gasteiger partial charge in [0.2, 0.25) is 0 Å². The molecule has 1 aliphatic rings. The minimum absolute atomic E-state index is 0.137. The molecule has 0 unspecified atom stereocenters. The van der Waals surface area contributed by atoms with Crippen LogP contribution in [0.1, 0.15) is 23.5 Å². The fourth-order valence-electron chi connectivity index (χ4n) is 1.74. The zero-order chi connectivity index (χ0) is 12.1. The largest absolute Gasteiger partial charge is 0.481 e. The Morgan fingerprint density at radius 3 is 2.50 bits per heavy atom. The van der Waals surface area contributed by atoms with Crippen molar-refractivity contribution >= 4 is 12.1 Å². The van der Waals surface area contributed by atoms with Crippen molar-refractivity contribution in [3.05, 3.63) is 35.4 Å². The van der Waals surface area contributed by atoms with Crippen molar-refractivity contribution in [3.8, 4) is 0 Å². The molecule has 0 aliphatic heterocycles. The summed E-state index contributed by atoms with van der Waals surface area (Å²) < 4.78 is 0. The van der Waals surface area contributed by atoms with Gasteiger partial charge in [0.05, 0.1) is 5.92 Å². The molecule has 4 nitrogen and oxygen atoms in total. The van der Waals surface area contributed by atoms with Crippen molar-refractivity contribution in [1.82, 2.24) is 0 Å². The molecule has 1 N–H and O–H groups in total. The van der Waals surface area contributed by atoms with Gasteiger partial charge in [-0.05, 0) is 24.8 Å². The van der Waals surface area contributed by atoms with Gasteiger partial charge < -0.3 is 5.11 Å². The average molecular weight is 220 g/mol. The number of rotatable bonds is 2. The Balaban J connectivity index is 0.000000386. The van der Waals surface area contributed by atoms with Crippen molar-refractivity contribution in [2.45, 2.75) is 19.3 Å². The third-order valence-corrected chi connectivity index (χ3v) is 2.58. The summed E-state index contributed by atoms with van der Waals surface area (Å²) >= 11 is 0. The summed E-state index contributed by atoms with van der Waals surface area (Å²) in [6, 6.07) is 8.11. The third-order valence-electron chi connectivity index (χ3n) is 2.58. The molecule has 1 fully saturated rings. The fraction of sp³-hybridized carbons (Fsp3) is 0.333. The number of aryl methyl sites for hydroxylation is 1. The van der Waals surface area contributed by atoms with Crippen molar-refractivity contribution in [1.29, 1.82) is 0 Å². The van der Waals surface area contributed by atoms with Crippen molar-refractivity contribution in [3.63, 3.8) is 0 Å². The van der Waals surface area contributed by atoms with Crippen LogP contribution < -0.4 is 0 Å². The molecule has 0 amide bonds. The van der Waals surface area contributed by atoms with E-state index in [1.807, 2.05) is 25.1 Å². The molecule has 0 bridgehead atoms. The van der Waals surface area contributed by atoms with Crippen LogP contribution in [0.4, 0.5) is 0 Å². The second-order valence-electron chi connectivity index (χ2n) is 3.78. The smallest absolute Gasteiger partial charge is 0.373 e. The van der Waals surface area contributed by atoms with Gasteiger partial charge in [-0.3, -0.25) is 4.79 Å². The van der Waals surface area contributed by atoms with Crippen LogP contribution in [0.25, 0.3) is 0 Å². The SMILES string of the molecule is Cc1cccc([C@H]2C[C@@H]2C(=O)O)c1.O=C=O. The molecule has 16 heavy (non-hydrogen) atoms. The summed E-state index contributed by atoms with van der Waals surface area (Å²) in [5.74, 6) is -0.536. The first kappa shape index (κ1) is 12.1. The van der Waals surface area contributed by atoms with Crippen LogP contribution >= 0.6 is 0 Å². The van der Waals surface area contributed by atoms with Crippen LogP contribution in [0.5, 0.6) is 0 Å². The second kappa shape index (κ2) is 5.24. The number of hydrogen-bond donors (Lipinski definition) is 1. The molecule has 0 saturated heterocycles. The lowest BCUT2D eigenvalue weighted by Crippen LogP contribution is -1.98. The molecule has 84 valence electrons. The van der Waals surface area contributed by atoms with Gasteiger partial charge >= 0.3 is 12.1 Å². The van der Waals surface area contributed by atoms with E-state index < -0.39 is 5.97 Å². The van der Waals surface area contributed by atoms with Crippen LogP contribution in [-0.2, 0) is 14.4 Å². The molecular weight excluding hydrogens is 208 g/mol. The fourth-order valence-corrected chi connectivity index (χ4v) is 1.74. The molecule has 1 aromatic rings. The zero-order valence-corrected chi connectivity index (χ0v) is 8.84. The van der Waals surface area contributed by atoms with Crippen LogP contribution in [-0.4, -0.2) is 17.2 Å². The quantitative estimate of drug-likeness (QED) is 0.821. The number of hydrogen-bond acceptors (Lipinski definition) is 3. The first-order valence-electron chi connectivity index (χ1n) is 4.88. The molecule has 1 aliphatic carbocycles. The molecular formula is C12H12O4. The average Bonchev–Trinajstić information content (AvgIpc) is 2.98. The topological polar surface area (TPSA) is 71.4 Å². The molecule has 0 radical (unpaired) electrons. The zero-order valence-electron chi connectivity index (χ0n) is 8.84. The normalized spacial score (nSPS) is 21.3. The predicted octanol–water partition coefficient (Wildman–Crippen LogP) is 1.60. The Bertz CT molecular complexity index is 419. The van der Waals surface area contributed by atoms with Gasteiger partial charge in [-0.15, -0.1) is 0 Å². The first-order chi connectivity index (χ1) is 7.60. The summed E-state index contributed by atoms with van der Waals surface area (Å²) in [4.78, 5) is 26.9. The van der Waals surface area contributed by atoms with Crippen molar-refractivity contribution in [2.75, 3.05) is 0 Å². The highest BCUT2D eigenvalue weighted by atomic mass is 16.4. The van der Waals surface area contributed by atoms with E-state index in [1.54, 1.807) is 0 Å². The standard InChI is InChI=1S/C11H12O2.CO2/c1-7-3-2-4-8(5-7)9-6-10(9)11(12)13;2-1-3/h2-5,9-10H,6H2,1H3,(H,12,13);/t9-,10+;/m1./s1. The maximum absolute atomic E-state index is 10.6. The summed E-state index contributed by atoms with van der Waals surface area (Å²) in [5, 5.41) is 8.75. The monoisotopic (exact) mass is 220 g/mol. The van der Waals surface area contributed by atoms with E-state index in [9.17, 15) is 4.79 Å².